The van der Waals surface area contributed by atoms with Gasteiger partial charge in [-0.15, -0.1) is 11.3 Å². The van der Waals surface area contributed by atoms with E-state index in [1.54, 1.807) is 29.9 Å². The second kappa shape index (κ2) is 7.31. The fourth-order valence-electron chi connectivity index (χ4n) is 2.21. The molecule has 0 unspecified atom stereocenters. The van der Waals surface area contributed by atoms with Gasteiger partial charge in [-0.25, -0.2) is 4.68 Å². The molecule has 0 aliphatic heterocycles. The van der Waals surface area contributed by atoms with Gasteiger partial charge in [0.15, 0.2) is 0 Å². The van der Waals surface area contributed by atoms with E-state index < -0.39 is 0 Å². The molecule has 0 saturated carbocycles. The van der Waals surface area contributed by atoms with Crippen LogP contribution in [0.25, 0.3) is 11.3 Å². The normalized spacial score (nSPS) is 12.2. The summed E-state index contributed by atoms with van der Waals surface area (Å²) in [5.74, 6) is -0.0867. The molecule has 0 spiro atoms. The highest BCUT2D eigenvalue weighted by Gasteiger charge is 2.11. The summed E-state index contributed by atoms with van der Waals surface area (Å²) in [6.07, 6.45) is 1.49. The summed E-state index contributed by atoms with van der Waals surface area (Å²) in [6, 6.07) is 9.53. The highest BCUT2D eigenvalue weighted by molar-refractivity contribution is 7.07. The van der Waals surface area contributed by atoms with Crippen LogP contribution in [0.5, 0.6) is 11.5 Å². The Morgan fingerprint density at radius 3 is 2.60 bits per heavy atom. The molecule has 2 N–H and O–H groups in total. The van der Waals surface area contributed by atoms with Gasteiger partial charge in [-0.2, -0.15) is 5.10 Å². The molecular weight excluding hydrogens is 381 g/mol. The molecule has 3 rings (SSSR count). The van der Waals surface area contributed by atoms with Crippen LogP contribution in [-0.2, 0) is 0 Å². The van der Waals surface area contributed by atoms with Gasteiger partial charge in [-0.05, 0) is 30.3 Å². The minimum absolute atomic E-state index is 0.0179. The van der Waals surface area contributed by atoms with E-state index in [9.17, 15) is 10.2 Å². The Hall–Kier alpha value is -2.28. The maximum atomic E-state index is 9.89. The molecule has 0 fully saturated rings. The van der Waals surface area contributed by atoms with Gasteiger partial charge in [0.05, 0.1) is 16.9 Å². The number of rotatable bonds is 3. The summed E-state index contributed by atoms with van der Waals surface area (Å²) < 4.78 is 1.63. The molecular formula is C17H13Cl2N3O2S. The molecule has 128 valence electrons. The molecule has 0 atom stereocenters. The van der Waals surface area contributed by atoms with Crippen LogP contribution in [0.3, 0.4) is 0 Å². The highest BCUT2D eigenvalue weighted by Crippen LogP contribution is 2.30. The average Bonchev–Trinajstić information content (AvgIpc) is 2.97. The molecule has 3 aromatic rings. The molecule has 0 saturated heterocycles. The largest absolute Gasteiger partial charge is 0.508 e. The van der Waals surface area contributed by atoms with E-state index in [-0.39, 0.29) is 11.5 Å². The van der Waals surface area contributed by atoms with Gasteiger partial charge in [0, 0.05) is 34.6 Å². The Balaban J connectivity index is 2.10. The summed E-state index contributed by atoms with van der Waals surface area (Å²) >= 11 is 13.7. The van der Waals surface area contributed by atoms with E-state index in [0.717, 1.165) is 11.3 Å². The van der Waals surface area contributed by atoms with Gasteiger partial charge in [0.2, 0.25) is 4.80 Å². The van der Waals surface area contributed by atoms with Crippen LogP contribution in [-0.4, -0.2) is 28.2 Å². The van der Waals surface area contributed by atoms with Crippen LogP contribution in [0.4, 0.5) is 0 Å². The number of halogens is 2. The van der Waals surface area contributed by atoms with Crippen molar-refractivity contribution in [3.63, 3.8) is 0 Å². The zero-order valence-corrected chi connectivity index (χ0v) is 15.3. The zero-order chi connectivity index (χ0) is 18.0. The maximum absolute atomic E-state index is 9.89. The second-order valence-electron chi connectivity index (χ2n) is 5.05. The smallest absolute Gasteiger partial charge is 0.205 e. The van der Waals surface area contributed by atoms with Gasteiger partial charge >= 0.3 is 0 Å². The average molecular weight is 394 g/mol. The molecule has 8 heteroatoms. The van der Waals surface area contributed by atoms with Crippen molar-refractivity contribution in [2.24, 2.45) is 10.1 Å². The minimum Gasteiger partial charge on any atom is -0.508 e. The van der Waals surface area contributed by atoms with Crippen molar-refractivity contribution in [3.8, 4) is 22.8 Å². The Morgan fingerprint density at radius 1 is 1.12 bits per heavy atom. The number of hydrogen-bond acceptors (Lipinski definition) is 5. The molecule has 0 amide bonds. The van der Waals surface area contributed by atoms with E-state index in [2.05, 4.69) is 10.1 Å². The molecule has 2 aromatic carbocycles. The summed E-state index contributed by atoms with van der Waals surface area (Å²) in [5.41, 5.74) is 1.98. The molecule has 1 aromatic heterocycles. The van der Waals surface area contributed by atoms with Crippen LogP contribution >= 0.6 is 34.5 Å². The minimum atomic E-state index is -0.0688. The highest BCUT2D eigenvalue weighted by atomic mass is 35.5. The van der Waals surface area contributed by atoms with Crippen molar-refractivity contribution < 1.29 is 10.2 Å². The molecule has 25 heavy (non-hydrogen) atoms. The van der Waals surface area contributed by atoms with E-state index in [1.807, 2.05) is 11.4 Å². The molecule has 0 radical (unpaired) electrons. The number of hydrogen-bond donors (Lipinski definition) is 2. The predicted octanol–water partition coefficient (Wildman–Crippen LogP) is 4.35. The van der Waals surface area contributed by atoms with Crippen LogP contribution in [0.15, 0.2) is 51.9 Å². The fourth-order valence-corrected chi connectivity index (χ4v) is 3.51. The third kappa shape index (κ3) is 3.71. The lowest BCUT2D eigenvalue weighted by molar-refractivity contribution is 0.450. The van der Waals surface area contributed by atoms with E-state index in [0.29, 0.717) is 20.4 Å². The van der Waals surface area contributed by atoms with Gasteiger partial charge in [-0.1, -0.05) is 23.2 Å². The Morgan fingerprint density at radius 2 is 1.92 bits per heavy atom. The topological polar surface area (TPSA) is 70.1 Å². The fraction of sp³-hybridized carbons (Fsp3) is 0.0588. The first-order valence-electron chi connectivity index (χ1n) is 7.14. The van der Waals surface area contributed by atoms with Crippen molar-refractivity contribution >= 4 is 40.8 Å². The van der Waals surface area contributed by atoms with Gasteiger partial charge in [0.1, 0.15) is 11.5 Å². The SMILES string of the molecule is CN=c1scc(-c2ccc(Cl)cc2Cl)n1N=Cc1ccc(O)cc1O. The van der Waals surface area contributed by atoms with Crippen molar-refractivity contribution in [1.29, 1.82) is 0 Å². The third-order valence-electron chi connectivity index (χ3n) is 3.41. The van der Waals surface area contributed by atoms with Gasteiger partial charge in [0.25, 0.3) is 0 Å². The summed E-state index contributed by atoms with van der Waals surface area (Å²) in [4.78, 5) is 4.87. The summed E-state index contributed by atoms with van der Waals surface area (Å²) in [7, 11) is 1.67. The van der Waals surface area contributed by atoms with Crippen molar-refractivity contribution in [1.82, 2.24) is 4.68 Å². The van der Waals surface area contributed by atoms with Crippen LogP contribution < -0.4 is 4.80 Å². The molecule has 0 aliphatic carbocycles. The Labute approximate surface area is 157 Å². The van der Waals surface area contributed by atoms with Crippen LogP contribution in [0, 0.1) is 0 Å². The maximum Gasteiger partial charge on any atom is 0.205 e. The van der Waals surface area contributed by atoms with E-state index in [1.165, 1.54) is 29.7 Å². The molecule has 0 aliphatic rings. The zero-order valence-electron chi connectivity index (χ0n) is 13.0. The Bertz CT molecular complexity index is 1020. The number of thiazole rings is 1. The first kappa shape index (κ1) is 17.5. The molecule has 1 heterocycles. The summed E-state index contributed by atoms with van der Waals surface area (Å²) in [5, 5.41) is 26.6. The number of nitrogens with zero attached hydrogens (tertiary/aromatic N) is 3. The number of aromatic hydroxyl groups is 2. The van der Waals surface area contributed by atoms with Crippen molar-refractivity contribution in [2.45, 2.75) is 0 Å². The molecule has 5 nitrogen and oxygen atoms in total. The van der Waals surface area contributed by atoms with Gasteiger partial charge in [-0.3, -0.25) is 4.99 Å². The predicted molar refractivity (Wildman–Crippen MR) is 102 cm³/mol. The molecule has 0 bridgehead atoms. The lowest BCUT2D eigenvalue weighted by Gasteiger charge is -2.06. The first-order chi connectivity index (χ1) is 12.0. The third-order valence-corrected chi connectivity index (χ3v) is 4.87. The van der Waals surface area contributed by atoms with E-state index >= 15 is 0 Å². The number of aromatic nitrogens is 1. The first-order valence-corrected chi connectivity index (χ1v) is 8.78. The van der Waals surface area contributed by atoms with Crippen molar-refractivity contribution in [2.75, 3.05) is 7.05 Å². The van der Waals surface area contributed by atoms with Crippen molar-refractivity contribution in [3.05, 3.63) is 62.2 Å². The lowest BCUT2D eigenvalue weighted by Crippen LogP contribution is -2.11. The van der Waals surface area contributed by atoms with Crippen LogP contribution in [0.1, 0.15) is 5.56 Å². The Kier molecular flexibility index (Phi) is 5.13. The lowest BCUT2D eigenvalue weighted by atomic mass is 10.2. The van der Waals surface area contributed by atoms with Gasteiger partial charge < -0.3 is 10.2 Å². The quantitative estimate of drug-likeness (QED) is 0.649. The standard InChI is InChI=1S/C17H13Cl2N3O2S/c1-20-17-22(21-8-10-2-4-12(23)7-16(10)24)15(9-25-17)13-5-3-11(18)6-14(13)19/h2-9,23-24H,1H3. The van der Waals surface area contributed by atoms with E-state index in [4.69, 9.17) is 23.2 Å². The van der Waals surface area contributed by atoms with Crippen LogP contribution in [0.2, 0.25) is 10.0 Å². The number of phenols is 2. The monoisotopic (exact) mass is 393 g/mol. The second-order valence-corrected chi connectivity index (χ2v) is 6.73. The number of benzene rings is 2. The summed E-state index contributed by atoms with van der Waals surface area (Å²) in [6.45, 7) is 0. The number of phenolic OH excluding ortho intramolecular Hbond substituents is 2.